The molecule has 0 bridgehead atoms. The van der Waals surface area contributed by atoms with E-state index in [9.17, 15) is 19.2 Å². The Labute approximate surface area is 201 Å². The predicted octanol–water partition coefficient (Wildman–Crippen LogP) is -1.70. The average molecular weight is 487 g/mol. The van der Waals surface area contributed by atoms with Crippen LogP contribution in [-0.2, 0) is 42.9 Å². The maximum absolute atomic E-state index is 12.0. The average Bonchev–Trinajstić information content (AvgIpc) is 3.03. The molecule has 194 valence electrons. The summed E-state index contributed by atoms with van der Waals surface area (Å²) >= 11 is 0. The molecule has 0 spiro atoms. The van der Waals surface area contributed by atoms with Crippen LogP contribution in [0.5, 0.6) is 0 Å². The van der Waals surface area contributed by atoms with Gasteiger partial charge in [-0.05, 0) is 27.8 Å². The molecule has 1 aliphatic heterocycles. The molecule has 0 aromatic carbocycles. The summed E-state index contributed by atoms with van der Waals surface area (Å²) < 4.78 is 26.3. The molecule has 1 atom stereocenters. The van der Waals surface area contributed by atoms with Crippen molar-refractivity contribution in [2.24, 2.45) is 0 Å². The second-order valence-electron chi connectivity index (χ2n) is 8.55. The fourth-order valence-corrected chi connectivity index (χ4v) is 2.94. The van der Waals surface area contributed by atoms with Gasteiger partial charge in [0.05, 0.1) is 58.8 Å². The first-order chi connectivity index (χ1) is 16.1. The van der Waals surface area contributed by atoms with Crippen molar-refractivity contribution in [3.8, 4) is 0 Å². The molecule has 0 radical (unpaired) electrons. The Kier molecular flexibility index (Phi) is 14.8. The predicted molar refractivity (Wildman–Crippen MR) is 123 cm³/mol. The van der Waals surface area contributed by atoms with Crippen LogP contribution in [0.3, 0.4) is 0 Å². The molecular formula is C21H38BN3O9. The van der Waals surface area contributed by atoms with Crippen LogP contribution in [0.1, 0.15) is 27.2 Å². The van der Waals surface area contributed by atoms with Crippen molar-refractivity contribution >= 4 is 30.1 Å². The number of hydrogen-bond donors (Lipinski definition) is 3. The van der Waals surface area contributed by atoms with Crippen LogP contribution in [0, 0.1) is 0 Å². The highest BCUT2D eigenvalue weighted by Gasteiger charge is 2.44. The van der Waals surface area contributed by atoms with Gasteiger partial charge < -0.3 is 49.1 Å². The summed E-state index contributed by atoms with van der Waals surface area (Å²) in [6, 6.07) is -0.486. The molecule has 34 heavy (non-hydrogen) atoms. The van der Waals surface area contributed by atoms with Crippen LogP contribution in [0.15, 0.2) is 0 Å². The highest BCUT2D eigenvalue weighted by Crippen LogP contribution is 2.08. The van der Waals surface area contributed by atoms with Crippen molar-refractivity contribution < 1.29 is 42.9 Å². The summed E-state index contributed by atoms with van der Waals surface area (Å²) in [7, 11) is 1.62. The van der Waals surface area contributed by atoms with Gasteiger partial charge in [-0.25, -0.2) is 4.79 Å². The highest BCUT2D eigenvalue weighted by molar-refractivity contribution is 7.12. The van der Waals surface area contributed by atoms with E-state index in [0.29, 0.717) is 46.2 Å². The van der Waals surface area contributed by atoms with Crippen molar-refractivity contribution in [3.05, 3.63) is 0 Å². The lowest BCUT2D eigenvalue weighted by atomic mass is 9.58. The number of amides is 1. The summed E-state index contributed by atoms with van der Waals surface area (Å²) in [6.07, 6.45) is 0.140. The number of likely N-dealkylation sites (N-methyl/N-ethyl adjacent to an activating group) is 1. The van der Waals surface area contributed by atoms with Crippen LogP contribution in [0.25, 0.3) is 0 Å². The standard InChI is InChI=1S/C21H38BN3O9/c1-21(2,3)34-19(28)15-33-12-11-32-10-9-31-8-7-30-6-5-24-18(27)14-25-22-17(26)13-16(23-4)20(22)29/h16,23,25H,5-15H2,1-4H3,(H,24,27). The van der Waals surface area contributed by atoms with Crippen LogP contribution in [0.4, 0.5) is 0 Å². The van der Waals surface area contributed by atoms with Gasteiger partial charge in [0.15, 0.2) is 0 Å². The fraction of sp³-hybridized carbons (Fsp3) is 0.810. The van der Waals surface area contributed by atoms with Gasteiger partial charge in [-0.15, -0.1) is 0 Å². The van der Waals surface area contributed by atoms with E-state index in [0.717, 1.165) is 0 Å². The molecule has 1 unspecified atom stereocenters. The molecule has 1 heterocycles. The lowest BCUT2D eigenvalue weighted by molar-refractivity contribution is -0.160. The lowest BCUT2D eigenvalue weighted by Crippen LogP contribution is -2.50. The Balaban J connectivity index is 1.86. The van der Waals surface area contributed by atoms with E-state index in [1.54, 1.807) is 27.8 Å². The van der Waals surface area contributed by atoms with Crippen LogP contribution in [0.2, 0.25) is 0 Å². The first kappa shape index (κ1) is 30.1. The molecule has 1 aliphatic rings. The number of nitrogens with one attached hydrogen (secondary N) is 3. The molecule has 1 rings (SSSR count). The van der Waals surface area contributed by atoms with Gasteiger partial charge in [0.25, 0.3) is 0 Å². The zero-order chi connectivity index (χ0) is 25.4. The minimum absolute atomic E-state index is 0.109. The van der Waals surface area contributed by atoms with E-state index in [1.807, 2.05) is 0 Å². The normalized spacial score (nSPS) is 16.2. The van der Waals surface area contributed by atoms with Crippen LogP contribution >= 0.6 is 0 Å². The molecule has 1 fully saturated rings. The van der Waals surface area contributed by atoms with Gasteiger partial charge in [-0.2, -0.15) is 0 Å². The van der Waals surface area contributed by atoms with Crippen molar-refractivity contribution in [3.63, 3.8) is 0 Å². The third-order valence-electron chi connectivity index (χ3n) is 4.49. The van der Waals surface area contributed by atoms with E-state index in [1.165, 1.54) is 0 Å². The van der Waals surface area contributed by atoms with Crippen LogP contribution in [-0.4, -0.2) is 115 Å². The Morgan fingerprint density at radius 1 is 0.941 bits per heavy atom. The lowest BCUT2D eigenvalue weighted by Gasteiger charge is -2.19. The molecule has 0 saturated carbocycles. The van der Waals surface area contributed by atoms with Crippen molar-refractivity contribution in [2.75, 3.05) is 73.0 Å². The van der Waals surface area contributed by atoms with Gasteiger partial charge in [0.1, 0.15) is 23.6 Å². The van der Waals surface area contributed by atoms with Crippen molar-refractivity contribution in [1.82, 2.24) is 15.9 Å². The molecular weight excluding hydrogens is 449 g/mol. The van der Waals surface area contributed by atoms with E-state index < -0.39 is 24.5 Å². The van der Waals surface area contributed by atoms with Crippen molar-refractivity contribution in [1.29, 1.82) is 0 Å². The first-order valence-corrected chi connectivity index (χ1v) is 11.4. The summed E-state index contributed by atoms with van der Waals surface area (Å²) in [5.74, 6) is -0.729. The molecule has 1 saturated heterocycles. The van der Waals surface area contributed by atoms with E-state index in [4.69, 9.17) is 23.7 Å². The molecule has 13 heteroatoms. The van der Waals surface area contributed by atoms with Gasteiger partial charge in [-0.1, -0.05) is 0 Å². The Morgan fingerprint density at radius 3 is 2.03 bits per heavy atom. The molecule has 0 aliphatic carbocycles. The minimum Gasteiger partial charge on any atom is -0.458 e. The van der Waals surface area contributed by atoms with Gasteiger partial charge in [-0.3, -0.25) is 4.79 Å². The van der Waals surface area contributed by atoms with Gasteiger partial charge in [0.2, 0.25) is 5.91 Å². The molecule has 0 aromatic rings. The maximum Gasteiger partial charge on any atom is 0.379 e. The topological polar surface area (TPSA) is 151 Å². The summed E-state index contributed by atoms with van der Waals surface area (Å²) in [4.78, 5) is 47.0. The van der Waals surface area contributed by atoms with Gasteiger partial charge in [0, 0.05) is 13.0 Å². The molecule has 1 amide bonds. The quantitative estimate of drug-likeness (QED) is 0.115. The molecule has 3 N–H and O–H groups in total. The summed E-state index contributed by atoms with van der Waals surface area (Å²) in [6.45, 7) is 7.00. The Hall–Kier alpha value is -1.90. The van der Waals surface area contributed by atoms with Gasteiger partial charge >= 0.3 is 12.8 Å². The highest BCUT2D eigenvalue weighted by atomic mass is 16.6. The molecule has 0 aromatic heterocycles. The van der Waals surface area contributed by atoms with Crippen LogP contribution < -0.4 is 15.9 Å². The Bertz CT molecular complexity index is 658. The Morgan fingerprint density at radius 2 is 1.50 bits per heavy atom. The SMILES string of the molecule is CNC1CC(=O)B(NCC(=O)NCCOCCOCCOCCOCC(=O)OC(C)(C)C)C1=O. The number of rotatable bonds is 18. The second kappa shape index (κ2) is 16.7. The zero-order valence-corrected chi connectivity index (χ0v) is 20.6. The number of ether oxygens (including phenoxy) is 5. The third-order valence-corrected chi connectivity index (χ3v) is 4.49. The monoisotopic (exact) mass is 487 g/mol. The fourth-order valence-electron chi connectivity index (χ4n) is 2.94. The number of carbonyl (C=O) groups is 4. The van der Waals surface area contributed by atoms with Crippen molar-refractivity contribution in [2.45, 2.75) is 38.8 Å². The smallest absolute Gasteiger partial charge is 0.379 e. The minimum atomic E-state index is -0.926. The summed E-state index contributed by atoms with van der Waals surface area (Å²) in [5, 5.41) is 8.14. The summed E-state index contributed by atoms with van der Waals surface area (Å²) in [5.41, 5.74) is -0.974. The number of esters is 1. The second-order valence-corrected chi connectivity index (χ2v) is 8.55. The van der Waals surface area contributed by atoms with E-state index in [2.05, 4.69) is 15.9 Å². The van der Waals surface area contributed by atoms with E-state index in [-0.39, 0.29) is 43.5 Å². The zero-order valence-electron chi connectivity index (χ0n) is 20.6. The first-order valence-electron chi connectivity index (χ1n) is 11.4. The third kappa shape index (κ3) is 13.7. The maximum atomic E-state index is 12.0. The number of hydrogen-bond acceptors (Lipinski definition) is 11. The largest absolute Gasteiger partial charge is 0.458 e. The number of carbonyl (C=O) groups excluding carboxylic acids is 4. The molecule has 12 nitrogen and oxygen atoms in total. The van der Waals surface area contributed by atoms with E-state index >= 15 is 0 Å².